The number of rotatable bonds is 5. The van der Waals surface area contributed by atoms with Gasteiger partial charge in [-0.05, 0) is 17.7 Å². The van der Waals surface area contributed by atoms with Crippen LogP contribution in [0.25, 0.3) is 0 Å². The molecule has 0 spiro atoms. The number of carbonyl (C=O) groups excluding carboxylic acids is 1. The monoisotopic (exact) mass is 269 g/mol. The van der Waals surface area contributed by atoms with Gasteiger partial charge in [-0.3, -0.25) is 4.79 Å². The van der Waals surface area contributed by atoms with Gasteiger partial charge in [0.15, 0.2) is 0 Å². The number of nitrogens with one attached hydrogen (secondary N) is 1. The van der Waals surface area contributed by atoms with Gasteiger partial charge >= 0.3 is 0 Å². The molecule has 1 aromatic heterocycles. The van der Waals surface area contributed by atoms with Crippen LogP contribution in [0.5, 0.6) is 0 Å². The molecule has 1 aromatic carbocycles. The molecule has 0 aliphatic heterocycles. The molecular weight excluding hydrogens is 254 g/mol. The van der Waals surface area contributed by atoms with Crippen molar-refractivity contribution in [3.05, 3.63) is 53.6 Å². The minimum Gasteiger partial charge on any atom is -0.347 e. The SMILES string of the molecule is N#Cc1ccc(CNC(=O)c2cn(CCN)cn2)cc1. The Kier molecular flexibility index (Phi) is 4.47. The largest absolute Gasteiger partial charge is 0.347 e. The van der Waals surface area contributed by atoms with Gasteiger partial charge in [0.05, 0.1) is 18.0 Å². The van der Waals surface area contributed by atoms with Crippen LogP contribution >= 0.6 is 0 Å². The Bertz CT molecular complexity index is 624. The predicted octanol–water partition coefficient (Wildman–Crippen LogP) is 0.643. The minimum absolute atomic E-state index is 0.231. The first-order chi connectivity index (χ1) is 9.72. The summed E-state index contributed by atoms with van der Waals surface area (Å²) < 4.78 is 1.77. The molecule has 3 N–H and O–H groups in total. The normalized spacial score (nSPS) is 10.0. The molecule has 0 saturated carbocycles. The molecule has 0 saturated heterocycles. The van der Waals surface area contributed by atoms with E-state index in [9.17, 15) is 4.79 Å². The summed E-state index contributed by atoms with van der Waals surface area (Å²) in [7, 11) is 0. The number of hydrogen-bond acceptors (Lipinski definition) is 4. The van der Waals surface area contributed by atoms with Crippen LogP contribution in [-0.2, 0) is 13.1 Å². The van der Waals surface area contributed by atoms with Crippen molar-refractivity contribution in [1.82, 2.24) is 14.9 Å². The van der Waals surface area contributed by atoms with E-state index in [1.807, 2.05) is 18.2 Å². The summed E-state index contributed by atoms with van der Waals surface area (Å²) in [5.41, 5.74) is 7.33. The quantitative estimate of drug-likeness (QED) is 0.832. The maximum atomic E-state index is 11.9. The Morgan fingerprint density at radius 3 is 2.80 bits per heavy atom. The third-order valence-corrected chi connectivity index (χ3v) is 2.79. The van der Waals surface area contributed by atoms with Crippen LogP contribution in [0.15, 0.2) is 36.8 Å². The van der Waals surface area contributed by atoms with E-state index >= 15 is 0 Å². The molecule has 6 nitrogen and oxygen atoms in total. The fraction of sp³-hybridized carbons (Fsp3) is 0.214. The van der Waals surface area contributed by atoms with Gasteiger partial charge in [-0.2, -0.15) is 5.26 Å². The highest BCUT2D eigenvalue weighted by atomic mass is 16.1. The van der Waals surface area contributed by atoms with Crippen LogP contribution in [-0.4, -0.2) is 22.0 Å². The number of hydrogen-bond donors (Lipinski definition) is 2. The number of amides is 1. The summed E-state index contributed by atoms with van der Waals surface area (Å²) in [6.45, 7) is 1.53. The summed E-state index contributed by atoms with van der Waals surface area (Å²) in [5.74, 6) is -0.231. The molecule has 0 radical (unpaired) electrons. The zero-order chi connectivity index (χ0) is 14.4. The second-order valence-electron chi connectivity index (χ2n) is 4.28. The summed E-state index contributed by atoms with van der Waals surface area (Å²) in [6, 6.07) is 9.11. The van der Waals surface area contributed by atoms with Crippen LogP contribution < -0.4 is 11.1 Å². The van der Waals surface area contributed by atoms with Crippen molar-refractivity contribution in [3.63, 3.8) is 0 Å². The second kappa shape index (κ2) is 6.50. The Labute approximate surface area is 116 Å². The molecule has 2 aromatic rings. The first-order valence-corrected chi connectivity index (χ1v) is 6.22. The lowest BCUT2D eigenvalue weighted by molar-refractivity contribution is 0.0946. The Hall–Kier alpha value is -2.65. The topological polar surface area (TPSA) is 96.7 Å². The van der Waals surface area contributed by atoms with Gasteiger partial charge in [-0.25, -0.2) is 4.98 Å². The molecule has 0 fully saturated rings. The van der Waals surface area contributed by atoms with Crippen LogP contribution in [0.4, 0.5) is 0 Å². The van der Waals surface area contributed by atoms with E-state index in [0.29, 0.717) is 30.9 Å². The summed E-state index contributed by atoms with van der Waals surface area (Å²) in [4.78, 5) is 15.9. The Morgan fingerprint density at radius 1 is 1.40 bits per heavy atom. The number of imidazole rings is 1. The number of carbonyl (C=O) groups is 1. The van der Waals surface area contributed by atoms with Crippen LogP contribution in [0.1, 0.15) is 21.6 Å². The highest BCUT2D eigenvalue weighted by molar-refractivity contribution is 5.91. The molecule has 1 amide bonds. The molecular formula is C14H15N5O. The van der Waals surface area contributed by atoms with E-state index in [0.717, 1.165) is 5.56 Å². The van der Waals surface area contributed by atoms with Crippen molar-refractivity contribution in [3.8, 4) is 6.07 Å². The standard InChI is InChI=1S/C14H15N5O/c15-5-6-19-9-13(18-10-19)14(20)17-8-12-3-1-11(7-16)2-4-12/h1-4,9-10H,5-6,8,15H2,(H,17,20). The maximum absolute atomic E-state index is 11.9. The Balaban J connectivity index is 1.92. The number of nitriles is 1. The maximum Gasteiger partial charge on any atom is 0.271 e. The summed E-state index contributed by atoms with van der Waals surface area (Å²) in [5, 5.41) is 11.5. The van der Waals surface area contributed by atoms with Crippen molar-refractivity contribution in [2.45, 2.75) is 13.1 Å². The minimum atomic E-state index is -0.231. The van der Waals surface area contributed by atoms with Crippen molar-refractivity contribution in [2.75, 3.05) is 6.54 Å². The zero-order valence-electron chi connectivity index (χ0n) is 10.9. The predicted molar refractivity (Wildman–Crippen MR) is 73.6 cm³/mol. The first-order valence-electron chi connectivity index (χ1n) is 6.22. The molecule has 0 bridgehead atoms. The average Bonchev–Trinajstić information content (AvgIpc) is 2.94. The molecule has 2 rings (SSSR count). The van der Waals surface area contributed by atoms with E-state index in [2.05, 4.69) is 10.3 Å². The summed E-state index contributed by atoms with van der Waals surface area (Å²) >= 11 is 0. The van der Waals surface area contributed by atoms with Crippen molar-refractivity contribution >= 4 is 5.91 Å². The Morgan fingerprint density at radius 2 is 2.15 bits per heavy atom. The number of benzene rings is 1. The van der Waals surface area contributed by atoms with Gasteiger partial charge in [-0.1, -0.05) is 12.1 Å². The van der Waals surface area contributed by atoms with Crippen molar-refractivity contribution < 1.29 is 4.79 Å². The van der Waals surface area contributed by atoms with Gasteiger partial charge in [0.2, 0.25) is 0 Å². The molecule has 0 atom stereocenters. The van der Waals surface area contributed by atoms with Gasteiger partial charge < -0.3 is 15.6 Å². The first kappa shape index (κ1) is 13.8. The lowest BCUT2D eigenvalue weighted by Crippen LogP contribution is -2.23. The average molecular weight is 269 g/mol. The number of aromatic nitrogens is 2. The van der Waals surface area contributed by atoms with E-state index in [1.165, 1.54) is 0 Å². The molecule has 1 heterocycles. The lowest BCUT2D eigenvalue weighted by Gasteiger charge is -2.03. The molecule has 0 unspecified atom stereocenters. The molecule has 0 aliphatic carbocycles. The van der Waals surface area contributed by atoms with Crippen LogP contribution in [0.3, 0.4) is 0 Å². The molecule has 20 heavy (non-hydrogen) atoms. The fourth-order valence-electron chi connectivity index (χ4n) is 1.72. The third-order valence-electron chi connectivity index (χ3n) is 2.79. The molecule has 0 aliphatic rings. The highest BCUT2D eigenvalue weighted by Gasteiger charge is 2.08. The second-order valence-corrected chi connectivity index (χ2v) is 4.28. The van der Waals surface area contributed by atoms with Gasteiger partial charge in [0.1, 0.15) is 5.69 Å². The summed E-state index contributed by atoms with van der Waals surface area (Å²) in [6.07, 6.45) is 3.25. The van der Waals surface area contributed by atoms with E-state index in [4.69, 9.17) is 11.0 Å². The molecule has 102 valence electrons. The fourth-order valence-corrected chi connectivity index (χ4v) is 1.72. The van der Waals surface area contributed by atoms with Gasteiger partial charge in [0, 0.05) is 25.8 Å². The highest BCUT2D eigenvalue weighted by Crippen LogP contribution is 2.03. The number of nitrogens with zero attached hydrogens (tertiary/aromatic N) is 3. The lowest BCUT2D eigenvalue weighted by atomic mass is 10.1. The van der Waals surface area contributed by atoms with E-state index in [-0.39, 0.29) is 5.91 Å². The van der Waals surface area contributed by atoms with Crippen LogP contribution in [0, 0.1) is 11.3 Å². The van der Waals surface area contributed by atoms with Gasteiger partial charge in [0.25, 0.3) is 5.91 Å². The van der Waals surface area contributed by atoms with Crippen LogP contribution in [0.2, 0.25) is 0 Å². The van der Waals surface area contributed by atoms with E-state index < -0.39 is 0 Å². The zero-order valence-corrected chi connectivity index (χ0v) is 10.9. The molecule has 6 heteroatoms. The third kappa shape index (κ3) is 3.43. The van der Waals surface area contributed by atoms with Crippen molar-refractivity contribution in [1.29, 1.82) is 5.26 Å². The smallest absolute Gasteiger partial charge is 0.271 e. The van der Waals surface area contributed by atoms with E-state index in [1.54, 1.807) is 29.2 Å². The van der Waals surface area contributed by atoms with Gasteiger partial charge in [-0.15, -0.1) is 0 Å². The van der Waals surface area contributed by atoms with Crippen molar-refractivity contribution in [2.24, 2.45) is 5.73 Å². The number of nitrogens with two attached hydrogens (primary N) is 1.